The summed E-state index contributed by atoms with van der Waals surface area (Å²) in [6.45, 7) is 4.61. The normalized spacial score (nSPS) is 15.4. The van der Waals surface area contributed by atoms with Crippen molar-refractivity contribution in [2.45, 2.75) is 4.90 Å². The zero-order chi connectivity index (χ0) is 20.4. The van der Waals surface area contributed by atoms with Crippen molar-refractivity contribution in [2.24, 2.45) is 0 Å². The Hall–Kier alpha value is -1.43. The summed E-state index contributed by atoms with van der Waals surface area (Å²) in [5, 5.41) is 2.88. The van der Waals surface area contributed by atoms with Crippen molar-refractivity contribution in [1.29, 1.82) is 0 Å². The summed E-state index contributed by atoms with van der Waals surface area (Å²) in [5.41, 5.74) is 0. The van der Waals surface area contributed by atoms with Crippen molar-refractivity contribution in [3.8, 4) is 5.75 Å². The van der Waals surface area contributed by atoms with Gasteiger partial charge in [0.25, 0.3) is 5.91 Å². The van der Waals surface area contributed by atoms with Crippen LogP contribution in [-0.2, 0) is 24.3 Å². The van der Waals surface area contributed by atoms with E-state index < -0.39 is 10.0 Å². The van der Waals surface area contributed by atoms with E-state index in [2.05, 4.69) is 14.9 Å². The fourth-order valence-electron chi connectivity index (χ4n) is 2.50. The number of hydrogen-bond acceptors (Lipinski definition) is 7. The molecular weight excluding hydrogens is 410 g/mol. The Morgan fingerprint density at radius 2 is 2.04 bits per heavy atom. The van der Waals surface area contributed by atoms with Gasteiger partial charge < -0.3 is 19.5 Å². The molecule has 2 rings (SSSR count). The number of sulfonamides is 1. The van der Waals surface area contributed by atoms with Crippen molar-refractivity contribution in [3.63, 3.8) is 0 Å². The molecule has 1 aliphatic rings. The van der Waals surface area contributed by atoms with E-state index in [1.165, 1.54) is 25.3 Å². The number of amides is 1. The van der Waals surface area contributed by atoms with Gasteiger partial charge in [-0.25, -0.2) is 13.1 Å². The fraction of sp³-hybridized carbons (Fsp3) is 0.588. The van der Waals surface area contributed by atoms with Crippen LogP contribution in [0.25, 0.3) is 0 Å². The highest BCUT2D eigenvalue weighted by molar-refractivity contribution is 7.89. The van der Waals surface area contributed by atoms with Crippen molar-refractivity contribution < 1.29 is 27.4 Å². The van der Waals surface area contributed by atoms with E-state index in [9.17, 15) is 13.2 Å². The van der Waals surface area contributed by atoms with Crippen LogP contribution in [0.5, 0.6) is 5.75 Å². The Morgan fingerprint density at radius 3 is 2.71 bits per heavy atom. The monoisotopic (exact) mass is 435 g/mol. The number of hydrogen-bond donors (Lipinski definition) is 2. The van der Waals surface area contributed by atoms with Gasteiger partial charge in [-0.3, -0.25) is 9.69 Å². The number of rotatable bonds is 11. The molecule has 0 unspecified atom stereocenters. The lowest BCUT2D eigenvalue weighted by molar-refractivity contribution is -0.123. The number of halogens is 1. The minimum atomic E-state index is -3.69. The minimum Gasteiger partial charge on any atom is -0.482 e. The molecule has 1 saturated heterocycles. The van der Waals surface area contributed by atoms with Crippen molar-refractivity contribution in [3.05, 3.63) is 23.2 Å². The Bertz CT molecular complexity index is 740. The van der Waals surface area contributed by atoms with Crippen LogP contribution in [0.3, 0.4) is 0 Å². The number of nitrogens with zero attached hydrogens (tertiary/aromatic N) is 1. The molecule has 0 bridgehead atoms. The SMILES string of the molecule is COCCNS(=O)(=O)c1ccc(OCC(=O)NCCN2CCOCC2)c(Cl)c1. The maximum Gasteiger partial charge on any atom is 0.257 e. The third-order valence-electron chi connectivity index (χ3n) is 4.02. The van der Waals surface area contributed by atoms with Gasteiger partial charge in [0.15, 0.2) is 6.61 Å². The number of ether oxygens (including phenoxy) is 3. The predicted octanol–water partition coefficient (Wildman–Crippen LogP) is 0.0919. The van der Waals surface area contributed by atoms with Gasteiger partial charge in [-0.2, -0.15) is 0 Å². The number of carbonyl (C=O) groups is 1. The summed E-state index contributed by atoms with van der Waals surface area (Å²) in [6.07, 6.45) is 0. The van der Waals surface area contributed by atoms with Crippen LogP contribution in [0.2, 0.25) is 5.02 Å². The number of methoxy groups -OCH3 is 1. The molecule has 0 saturated carbocycles. The Morgan fingerprint density at radius 1 is 1.29 bits per heavy atom. The third-order valence-corrected chi connectivity index (χ3v) is 5.78. The van der Waals surface area contributed by atoms with Crippen LogP contribution in [0.4, 0.5) is 0 Å². The van der Waals surface area contributed by atoms with Gasteiger partial charge in [0.2, 0.25) is 10.0 Å². The summed E-state index contributed by atoms with van der Waals surface area (Å²) in [5.74, 6) is -0.0388. The molecule has 158 valence electrons. The van der Waals surface area contributed by atoms with E-state index >= 15 is 0 Å². The Kier molecular flexibility index (Phi) is 9.42. The molecule has 1 heterocycles. The van der Waals surface area contributed by atoms with E-state index in [1.54, 1.807) is 0 Å². The van der Waals surface area contributed by atoms with Gasteiger partial charge in [-0.05, 0) is 18.2 Å². The highest BCUT2D eigenvalue weighted by Gasteiger charge is 2.16. The molecule has 1 aliphatic heterocycles. The van der Waals surface area contributed by atoms with E-state index in [0.717, 1.165) is 19.6 Å². The van der Waals surface area contributed by atoms with Gasteiger partial charge >= 0.3 is 0 Å². The van der Waals surface area contributed by atoms with Crippen LogP contribution in [0.15, 0.2) is 23.1 Å². The number of benzene rings is 1. The van der Waals surface area contributed by atoms with Crippen LogP contribution in [0.1, 0.15) is 0 Å². The first-order valence-electron chi connectivity index (χ1n) is 8.90. The van der Waals surface area contributed by atoms with Crippen LogP contribution in [-0.4, -0.2) is 85.5 Å². The molecule has 28 heavy (non-hydrogen) atoms. The van der Waals surface area contributed by atoms with Crippen molar-refractivity contribution in [2.75, 3.05) is 66.3 Å². The highest BCUT2D eigenvalue weighted by Crippen LogP contribution is 2.27. The second kappa shape index (κ2) is 11.5. The van der Waals surface area contributed by atoms with Gasteiger partial charge in [0.05, 0.1) is 29.7 Å². The molecule has 0 aliphatic carbocycles. The minimum absolute atomic E-state index is 0.0101. The lowest BCUT2D eigenvalue weighted by Gasteiger charge is -2.26. The van der Waals surface area contributed by atoms with Crippen LogP contribution >= 0.6 is 11.6 Å². The number of morpholine rings is 1. The summed E-state index contributed by atoms with van der Waals surface area (Å²) < 4.78 is 42.2. The summed E-state index contributed by atoms with van der Waals surface area (Å²) >= 11 is 6.09. The quantitative estimate of drug-likeness (QED) is 0.474. The van der Waals surface area contributed by atoms with Crippen molar-refractivity contribution >= 4 is 27.5 Å². The van der Waals surface area contributed by atoms with Gasteiger partial charge in [-0.15, -0.1) is 0 Å². The summed E-state index contributed by atoms with van der Waals surface area (Å²) in [7, 11) is -2.21. The molecule has 1 aromatic carbocycles. The van der Waals surface area contributed by atoms with Gasteiger partial charge in [-0.1, -0.05) is 11.6 Å². The molecule has 2 N–H and O–H groups in total. The van der Waals surface area contributed by atoms with E-state index in [1.807, 2.05) is 0 Å². The maximum atomic E-state index is 12.1. The standard InChI is InChI=1S/C17H26ClN3O6S/c1-25-9-5-20-28(23,24)14-2-3-16(15(18)12-14)27-13-17(22)19-4-6-21-7-10-26-11-8-21/h2-3,12,20H,4-11,13H2,1H3,(H,19,22). The van der Waals surface area contributed by atoms with Gasteiger partial charge in [0, 0.05) is 39.8 Å². The molecule has 11 heteroatoms. The molecular formula is C17H26ClN3O6S. The van der Waals surface area contributed by atoms with Crippen LogP contribution < -0.4 is 14.8 Å². The van der Waals surface area contributed by atoms with Gasteiger partial charge in [0.1, 0.15) is 5.75 Å². The molecule has 1 fully saturated rings. The fourth-order valence-corrected chi connectivity index (χ4v) is 3.84. The van der Waals surface area contributed by atoms with E-state index in [4.69, 9.17) is 25.8 Å². The lowest BCUT2D eigenvalue weighted by atomic mass is 10.3. The highest BCUT2D eigenvalue weighted by atomic mass is 35.5. The molecule has 9 nitrogen and oxygen atoms in total. The molecule has 0 atom stereocenters. The largest absolute Gasteiger partial charge is 0.482 e. The first kappa shape index (κ1) is 22.9. The summed E-state index contributed by atoms with van der Waals surface area (Å²) in [4.78, 5) is 14.1. The average molecular weight is 436 g/mol. The molecule has 0 radical (unpaired) electrons. The Balaban J connectivity index is 1.78. The number of nitrogens with one attached hydrogen (secondary N) is 2. The topological polar surface area (TPSA) is 106 Å². The average Bonchev–Trinajstić information content (AvgIpc) is 2.68. The van der Waals surface area contributed by atoms with Crippen LogP contribution in [0, 0.1) is 0 Å². The second-order valence-electron chi connectivity index (χ2n) is 6.08. The first-order valence-corrected chi connectivity index (χ1v) is 10.8. The zero-order valence-corrected chi connectivity index (χ0v) is 17.4. The third kappa shape index (κ3) is 7.53. The molecule has 0 aromatic heterocycles. The maximum absolute atomic E-state index is 12.1. The second-order valence-corrected chi connectivity index (χ2v) is 8.25. The van der Waals surface area contributed by atoms with E-state index in [0.29, 0.717) is 19.8 Å². The van der Waals surface area contributed by atoms with E-state index in [-0.39, 0.29) is 41.3 Å². The Labute approximate surface area is 170 Å². The zero-order valence-electron chi connectivity index (χ0n) is 15.8. The molecule has 0 spiro atoms. The van der Waals surface area contributed by atoms with Crippen molar-refractivity contribution in [1.82, 2.24) is 14.9 Å². The molecule has 1 aromatic rings. The predicted molar refractivity (Wildman–Crippen MR) is 104 cm³/mol. The first-order chi connectivity index (χ1) is 13.4. The number of carbonyl (C=O) groups excluding carboxylic acids is 1. The lowest BCUT2D eigenvalue weighted by Crippen LogP contribution is -2.42. The summed E-state index contributed by atoms with van der Waals surface area (Å²) in [6, 6.07) is 4.07. The smallest absolute Gasteiger partial charge is 0.257 e. The molecule has 1 amide bonds.